The van der Waals surface area contributed by atoms with E-state index >= 15 is 0 Å². The van der Waals surface area contributed by atoms with Crippen molar-refractivity contribution in [3.8, 4) is 22.8 Å². The third-order valence-electron chi connectivity index (χ3n) is 3.97. The third-order valence-corrected chi connectivity index (χ3v) is 3.97. The van der Waals surface area contributed by atoms with Gasteiger partial charge in [-0.15, -0.1) is 0 Å². The van der Waals surface area contributed by atoms with Crippen molar-refractivity contribution in [2.75, 3.05) is 19.5 Å². The van der Waals surface area contributed by atoms with Gasteiger partial charge in [0.15, 0.2) is 11.5 Å². The highest BCUT2D eigenvalue weighted by molar-refractivity contribution is 5.98. The lowest BCUT2D eigenvalue weighted by Crippen LogP contribution is -1.97. The lowest BCUT2D eigenvalue weighted by Gasteiger charge is -2.11. The van der Waals surface area contributed by atoms with E-state index in [-0.39, 0.29) is 0 Å². The molecule has 0 atom stereocenters. The molecule has 0 amide bonds. The quantitative estimate of drug-likeness (QED) is 0.582. The van der Waals surface area contributed by atoms with Crippen LogP contribution in [0.25, 0.3) is 22.4 Å². The first-order valence-electron chi connectivity index (χ1n) is 7.95. The Bertz CT molecular complexity index is 1050. The maximum Gasteiger partial charge on any atom is 0.263 e. The fourth-order valence-corrected chi connectivity index (χ4v) is 2.73. The van der Waals surface area contributed by atoms with E-state index in [1.165, 1.54) is 6.33 Å². The van der Waals surface area contributed by atoms with Crippen molar-refractivity contribution in [3.05, 3.63) is 54.9 Å². The summed E-state index contributed by atoms with van der Waals surface area (Å²) >= 11 is 0. The van der Waals surface area contributed by atoms with Crippen molar-refractivity contribution in [2.24, 2.45) is 0 Å². The molecule has 7 nitrogen and oxygen atoms in total. The van der Waals surface area contributed by atoms with Crippen molar-refractivity contribution in [1.29, 1.82) is 0 Å². The molecule has 4 aromatic rings. The van der Waals surface area contributed by atoms with Gasteiger partial charge in [-0.2, -0.15) is 4.98 Å². The standard InChI is InChI=1S/C19H16N4O3/c1-24-14-9-8-13(10-15(14)25-2)22-18-16-17(12-6-4-3-5-7-12)23-26-19(16)21-11-20-18/h3-11H,1-2H3,(H,20,21,22). The number of hydrogen-bond acceptors (Lipinski definition) is 7. The van der Waals surface area contributed by atoms with Gasteiger partial charge in [-0.25, -0.2) is 4.98 Å². The summed E-state index contributed by atoms with van der Waals surface area (Å²) < 4.78 is 16.0. The molecule has 0 aliphatic rings. The van der Waals surface area contributed by atoms with E-state index in [2.05, 4.69) is 20.4 Å². The summed E-state index contributed by atoms with van der Waals surface area (Å²) in [5, 5.41) is 8.17. The number of benzene rings is 2. The Labute approximate surface area is 149 Å². The van der Waals surface area contributed by atoms with Crippen LogP contribution in [0.2, 0.25) is 0 Å². The van der Waals surface area contributed by atoms with Crippen molar-refractivity contribution in [2.45, 2.75) is 0 Å². The normalized spacial score (nSPS) is 10.7. The lowest BCUT2D eigenvalue weighted by molar-refractivity contribution is 0.355. The highest BCUT2D eigenvalue weighted by atomic mass is 16.5. The van der Waals surface area contributed by atoms with Crippen LogP contribution in [0.3, 0.4) is 0 Å². The molecular weight excluding hydrogens is 332 g/mol. The molecular formula is C19H16N4O3. The second-order valence-corrected chi connectivity index (χ2v) is 5.49. The number of ether oxygens (including phenoxy) is 2. The Morgan fingerprint density at radius 1 is 0.923 bits per heavy atom. The van der Waals surface area contributed by atoms with Crippen LogP contribution in [0.1, 0.15) is 0 Å². The summed E-state index contributed by atoms with van der Waals surface area (Å²) in [6.07, 6.45) is 1.44. The van der Waals surface area contributed by atoms with Gasteiger partial charge in [0.05, 0.1) is 14.2 Å². The zero-order valence-electron chi connectivity index (χ0n) is 14.3. The molecule has 0 aliphatic heterocycles. The van der Waals surface area contributed by atoms with Gasteiger partial charge in [-0.3, -0.25) is 0 Å². The minimum atomic E-state index is 0.418. The Hall–Kier alpha value is -3.61. The molecule has 2 heterocycles. The van der Waals surface area contributed by atoms with E-state index in [1.54, 1.807) is 14.2 Å². The van der Waals surface area contributed by atoms with Gasteiger partial charge in [0.1, 0.15) is 23.2 Å². The number of hydrogen-bond donors (Lipinski definition) is 1. The number of fused-ring (bicyclic) bond motifs is 1. The van der Waals surface area contributed by atoms with Gasteiger partial charge in [0.25, 0.3) is 5.71 Å². The molecule has 0 radical (unpaired) electrons. The summed E-state index contributed by atoms with van der Waals surface area (Å²) in [7, 11) is 3.19. The SMILES string of the molecule is COc1ccc(Nc2ncnc3onc(-c4ccccc4)c23)cc1OC. The fourth-order valence-electron chi connectivity index (χ4n) is 2.73. The monoisotopic (exact) mass is 348 g/mol. The van der Waals surface area contributed by atoms with Crippen LogP contribution in [-0.4, -0.2) is 29.3 Å². The first-order chi connectivity index (χ1) is 12.8. The number of rotatable bonds is 5. The zero-order chi connectivity index (χ0) is 17.9. The molecule has 0 unspecified atom stereocenters. The predicted octanol–water partition coefficient (Wildman–Crippen LogP) is 4.05. The number of anilines is 2. The van der Waals surface area contributed by atoms with Crippen LogP contribution in [0.5, 0.6) is 11.5 Å². The first kappa shape index (κ1) is 15.9. The second kappa shape index (κ2) is 6.72. The maximum absolute atomic E-state index is 5.38. The Kier molecular flexibility index (Phi) is 4.10. The fraction of sp³-hybridized carbons (Fsp3) is 0.105. The molecule has 0 spiro atoms. The topological polar surface area (TPSA) is 82.3 Å². The van der Waals surface area contributed by atoms with E-state index in [4.69, 9.17) is 14.0 Å². The molecule has 0 fully saturated rings. The van der Waals surface area contributed by atoms with E-state index in [0.29, 0.717) is 34.1 Å². The molecule has 4 rings (SSSR count). The van der Waals surface area contributed by atoms with E-state index in [1.807, 2.05) is 48.5 Å². The van der Waals surface area contributed by atoms with Crippen LogP contribution >= 0.6 is 0 Å². The molecule has 2 aromatic carbocycles. The van der Waals surface area contributed by atoms with E-state index < -0.39 is 0 Å². The summed E-state index contributed by atoms with van der Waals surface area (Å²) in [5.74, 6) is 1.87. The summed E-state index contributed by atoms with van der Waals surface area (Å²) in [6.45, 7) is 0. The summed E-state index contributed by atoms with van der Waals surface area (Å²) in [5.41, 5.74) is 2.82. The van der Waals surface area contributed by atoms with Crippen LogP contribution in [0.15, 0.2) is 59.4 Å². The molecule has 130 valence electrons. The predicted molar refractivity (Wildman–Crippen MR) is 97.9 cm³/mol. The molecule has 7 heteroatoms. The van der Waals surface area contributed by atoms with Crippen LogP contribution in [0, 0.1) is 0 Å². The number of nitrogens with zero attached hydrogens (tertiary/aromatic N) is 3. The second-order valence-electron chi connectivity index (χ2n) is 5.49. The number of methoxy groups -OCH3 is 2. The highest BCUT2D eigenvalue weighted by Crippen LogP contribution is 2.35. The molecule has 0 aliphatic carbocycles. The Balaban J connectivity index is 1.79. The Morgan fingerprint density at radius 3 is 2.50 bits per heavy atom. The first-order valence-corrected chi connectivity index (χ1v) is 7.95. The van der Waals surface area contributed by atoms with Gasteiger partial charge >= 0.3 is 0 Å². The zero-order valence-corrected chi connectivity index (χ0v) is 14.3. The average Bonchev–Trinajstić information content (AvgIpc) is 3.14. The average molecular weight is 348 g/mol. The molecule has 1 N–H and O–H groups in total. The van der Waals surface area contributed by atoms with E-state index in [0.717, 1.165) is 11.3 Å². The largest absolute Gasteiger partial charge is 0.493 e. The number of nitrogens with one attached hydrogen (secondary N) is 1. The van der Waals surface area contributed by atoms with Crippen molar-refractivity contribution >= 4 is 22.6 Å². The van der Waals surface area contributed by atoms with Crippen LogP contribution in [-0.2, 0) is 0 Å². The van der Waals surface area contributed by atoms with Gasteiger partial charge in [0, 0.05) is 17.3 Å². The highest BCUT2D eigenvalue weighted by Gasteiger charge is 2.17. The van der Waals surface area contributed by atoms with Crippen LogP contribution < -0.4 is 14.8 Å². The molecule has 2 aromatic heterocycles. The molecule has 26 heavy (non-hydrogen) atoms. The van der Waals surface area contributed by atoms with Gasteiger partial charge in [0.2, 0.25) is 0 Å². The van der Waals surface area contributed by atoms with Crippen molar-refractivity contribution in [3.63, 3.8) is 0 Å². The smallest absolute Gasteiger partial charge is 0.263 e. The molecule has 0 saturated heterocycles. The molecule has 0 bridgehead atoms. The number of aromatic nitrogens is 3. The maximum atomic E-state index is 5.38. The van der Waals surface area contributed by atoms with Gasteiger partial charge < -0.3 is 19.3 Å². The Morgan fingerprint density at radius 2 is 1.73 bits per heavy atom. The van der Waals surface area contributed by atoms with Gasteiger partial charge in [-0.1, -0.05) is 35.5 Å². The summed E-state index contributed by atoms with van der Waals surface area (Å²) in [4.78, 5) is 8.53. The van der Waals surface area contributed by atoms with Crippen LogP contribution in [0.4, 0.5) is 11.5 Å². The van der Waals surface area contributed by atoms with E-state index in [9.17, 15) is 0 Å². The minimum Gasteiger partial charge on any atom is -0.493 e. The lowest BCUT2D eigenvalue weighted by atomic mass is 10.1. The summed E-state index contributed by atoms with van der Waals surface area (Å²) in [6, 6.07) is 15.3. The van der Waals surface area contributed by atoms with Crippen molar-refractivity contribution in [1.82, 2.24) is 15.1 Å². The van der Waals surface area contributed by atoms with Crippen molar-refractivity contribution < 1.29 is 14.0 Å². The molecule has 0 saturated carbocycles. The third kappa shape index (κ3) is 2.79. The van der Waals surface area contributed by atoms with Gasteiger partial charge in [-0.05, 0) is 12.1 Å². The minimum absolute atomic E-state index is 0.418.